The predicted molar refractivity (Wildman–Crippen MR) is 348 cm³/mol. The quantitative estimate of drug-likeness (QED) is 0.0195. The van der Waals surface area contributed by atoms with Crippen LogP contribution < -0.4 is 5.32 Å². The van der Waals surface area contributed by atoms with Crippen LogP contribution in [0.3, 0.4) is 0 Å². The average molecular weight is 1180 g/mol. The minimum Gasteiger partial charge on any atom is -0.454 e. The van der Waals surface area contributed by atoms with E-state index in [9.17, 15) is 35.1 Å². The highest BCUT2D eigenvalue weighted by molar-refractivity contribution is 5.80. The first-order valence-corrected chi connectivity index (χ1v) is 36.1. The second-order valence-corrected chi connectivity index (χ2v) is 25.3. The largest absolute Gasteiger partial charge is 0.454 e. The number of carbonyl (C=O) groups is 2. The second-order valence-electron chi connectivity index (χ2n) is 25.3. The van der Waals surface area contributed by atoms with Crippen molar-refractivity contribution in [1.29, 1.82) is 0 Å². The molecule has 1 aliphatic rings. The molecule has 83 heavy (non-hydrogen) atoms. The third kappa shape index (κ3) is 47.8. The molecule has 8 unspecified atom stereocenters. The molecule has 1 aliphatic heterocycles. The minimum absolute atomic E-state index is 0.126. The Hall–Kier alpha value is -1.86. The summed E-state index contributed by atoms with van der Waals surface area (Å²) in [5, 5.41) is 57.2. The lowest BCUT2D eigenvalue weighted by atomic mass is 9.99. The normalized spacial score (nSPS) is 18.6. The van der Waals surface area contributed by atoms with E-state index >= 15 is 0 Å². The number of carbonyl (C=O) groups excluding carboxylic acids is 2. The highest BCUT2D eigenvalue weighted by Gasteiger charge is 2.47. The topological polar surface area (TPSA) is 175 Å². The second kappa shape index (κ2) is 60.4. The summed E-state index contributed by atoms with van der Waals surface area (Å²) in [6.45, 7) is 5.84. The van der Waals surface area contributed by atoms with Crippen LogP contribution in [0.15, 0.2) is 24.3 Å². The Morgan fingerprint density at radius 1 is 0.458 bits per heavy atom. The zero-order valence-corrected chi connectivity index (χ0v) is 54.6. The van der Waals surface area contributed by atoms with E-state index in [4.69, 9.17) is 14.2 Å². The van der Waals surface area contributed by atoms with E-state index in [1.165, 1.54) is 257 Å². The van der Waals surface area contributed by atoms with Gasteiger partial charge in [-0.15, -0.1) is 0 Å². The van der Waals surface area contributed by atoms with Gasteiger partial charge in [0.2, 0.25) is 5.91 Å². The van der Waals surface area contributed by atoms with Crippen molar-refractivity contribution >= 4 is 11.9 Å². The summed E-state index contributed by atoms with van der Waals surface area (Å²) in [5.41, 5.74) is 0. The van der Waals surface area contributed by atoms with E-state index in [1.54, 1.807) is 6.08 Å². The molecule has 0 radical (unpaired) electrons. The van der Waals surface area contributed by atoms with Gasteiger partial charge in [0.05, 0.1) is 25.4 Å². The molecule has 0 aliphatic carbocycles. The molecule has 1 heterocycles. The average Bonchev–Trinajstić information content (AvgIpc) is 3.69. The van der Waals surface area contributed by atoms with Gasteiger partial charge in [0.15, 0.2) is 12.4 Å². The van der Waals surface area contributed by atoms with Crippen molar-refractivity contribution in [2.24, 2.45) is 0 Å². The zero-order valence-electron chi connectivity index (χ0n) is 54.6. The van der Waals surface area contributed by atoms with E-state index in [0.717, 1.165) is 57.8 Å². The molecule has 1 rings (SSSR count). The van der Waals surface area contributed by atoms with Gasteiger partial charge >= 0.3 is 5.97 Å². The molecule has 0 aromatic heterocycles. The molecule has 8 atom stereocenters. The molecule has 6 N–H and O–H groups in total. The van der Waals surface area contributed by atoms with Crippen molar-refractivity contribution in [3.8, 4) is 0 Å². The lowest BCUT2D eigenvalue weighted by molar-refractivity contribution is -0.305. The van der Waals surface area contributed by atoms with E-state index in [0.29, 0.717) is 19.3 Å². The predicted octanol–water partition coefficient (Wildman–Crippen LogP) is 18.4. The number of aliphatic hydroxyl groups excluding tert-OH is 5. The van der Waals surface area contributed by atoms with Crippen molar-refractivity contribution in [1.82, 2.24) is 5.32 Å². The van der Waals surface area contributed by atoms with Crippen molar-refractivity contribution < 1.29 is 49.3 Å². The number of nitrogens with one attached hydrogen (secondary N) is 1. The fourth-order valence-electron chi connectivity index (χ4n) is 11.7. The van der Waals surface area contributed by atoms with Crippen LogP contribution in [0.5, 0.6) is 0 Å². The lowest BCUT2D eigenvalue weighted by Gasteiger charge is -2.41. The first-order chi connectivity index (χ1) is 40.7. The number of allylic oxidation sites excluding steroid dienone is 3. The van der Waals surface area contributed by atoms with Gasteiger partial charge in [-0.3, -0.25) is 9.59 Å². The number of hydrogen-bond donors (Lipinski definition) is 6. The smallest absolute Gasteiger partial charge is 0.306 e. The fraction of sp³-hybridized carbons (Fsp3) is 0.917. The molecular weight excluding hydrogens is 1040 g/mol. The summed E-state index contributed by atoms with van der Waals surface area (Å²) in [7, 11) is 0. The third-order valence-electron chi connectivity index (χ3n) is 17.4. The molecule has 1 saturated heterocycles. The highest BCUT2D eigenvalue weighted by Crippen LogP contribution is 2.26. The molecule has 1 fully saturated rings. The Balaban J connectivity index is 2.53. The van der Waals surface area contributed by atoms with Gasteiger partial charge in [-0.2, -0.15) is 0 Å². The number of hydrogen-bond acceptors (Lipinski definition) is 10. The van der Waals surface area contributed by atoms with Crippen LogP contribution in [0.2, 0.25) is 0 Å². The Kier molecular flexibility index (Phi) is 57.6. The maximum atomic E-state index is 13.5. The molecular formula is C72H137NO10. The molecule has 11 heteroatoms. The maximum absolute atomic E-state index is 13.5. The standard InChI is InChI=1S/C72H137NO10/c1-4-7-10-13-16-19-22-24-26-28-30-31-32-33-34-36-37-39-41-44-47-50-53-56-59-65(76)71(80)73-63(64(75)58-55-52-49-46-43-21-18-15-12-9-6-3)62-81-72-70(69(79)68(78)66(61-74)82-72)83-67(77)60-57-54-51-48-45-42-40-38-35-29-27-25-23-20-17-14-11-8-5-2/h25,27,55,58,63-66,68-70,72,74-76,78-79H,4-24,26,28-54,56-57,59-62H2,1-3H3,(H,73,80)/b27-25+,58-55+. The molecule has 0 aromatic carbocycles. The fourth-order valence-corrected chi connectivity index (χ4v) is 11.7. The van der Waals surface area contributed by atoms with E-state index in [2.05, 4.69) is 38.2 Å². The third-order valence-corrected chi connectivity index (χ3v) is 17.4. The van der Waals surface area contributed by atoms with Crippen LogP contribution in [-0.2, 0) is 23.8 Å². The molecule has 490 valence electrons. The lowest BCUT2D eigenvalue weighted by Crippen LogP contribution is -2.61. The Labute approximate surface area is 511 Å². The highest BCUT2D eigenvalue weighted by atomic mass is 16.7. The van der Waals surface area contributed by atoms with Gasteiger partial charge in [-0.1, -0.05) is 328 Å². The molecule has 0 bridgehead atoms. The van der Waals surface area contributed by atoms with Crippen LogP contribution >= 0.6 is 0 Å². The van der Waals surface area contributed by atoms with Gasteiger partial charge < -0.3 is 45.1 Å². The summed E-state index contributed by atoms with van der Waals surface area (Å²) < 4.78 is 17.7. The Morgan fingerprint density at radius 3 is 1.17 bits per heavy atom. The zero-order chi connectivity index (χ0) is 60.3. The van der Waals surface area contributed by atoms with Crippen LogP contribution in [0, 0.1) is 0 Å². The number of ether oxygens (including phenoxy) is 3. The molecule has 0 spiro atoms. The monoisotopic (exact) mass is 1180 g/mol. The van der Waals surface area contributed by atoms with Crippen LogP contribution in [0.1, 0.15) is 361 Å². The van der Waals surface area contributed by atoms with Gasteiger partial charge in [-0.05, 0) is 51.4 Å². The molecule has 11 nitrogen and oxygen atoms in total. The van der Waals surface area contributed by atoms with Crippen LogP contribution in [0.4, 0.5) is 0 Å². The summed E-state index contributed by atoms with van der Waals surface area (Å²) in [6.07, 6.45) is 62.3. The maximum Gasteiger partial charge on any atom is 0.306 e. The Morgan fingerprint density at radius 2 is 0.795 bits per heavy atom. The van der Waals surface area contributed by atoms with Gasteiger partial charge in [0.25, 0.3) is 0 Å². The summed E-state index contributed by atoms with van der Waals surface area (Å²) in [5.74, 6) is -1.18. The molecule has 0 aromatic rings. The summed E-state index contributed by atoms with van der Waals surface area (Å²) in [6, 6.07) is -1.02. The summed E-state index contributed by atoms with van der Waals surface area (Å²) >= 11 is 0. The minimum atomic E-state index is -1.61. The van der Waals surface area contributed by atoms with Crippen LogP contribution in [0.25, 0.3) is 0 Å². The van der Waals surface area contributed by atoms with Crippen LogP contribution in [-0.4, -0.2) is 99.6 Å². The number of amides is 1. The van der Waals surface area contributed by atoms with Crippen molar-refractivity contribution in [3.05, 3.63) is 24.3 Å². The number of esters is 1. The number of unbranched alkanes of at least 4 members (excludes halogenated alkanes) is 47. The Bertz CT molecular complexity index is 1450. The van der Waals surface area contributed by atoms with Gasteiger partial charge in [-0.25, -0.2) is 0 Å². The first-order valence-electron chi connectivity index (χ1n) is 36.1. The van der Waals surface area contributed by atoms with Gasteiger partial charge in [0, 0.05) is 6.42 Å². The molecule has 0 saturated carbocycles. The molecule has 1 amide bonds. The van der Waals surface area contributed by atoms with E-state index in [1.807, 2.05) is 6.08 Å². The van der Waals surface area contributed by atoms with Gasteiger partial charge in [0.1, 0.15) is 24.4 Å². The van der Waals surface area contributed by atoms with Crippen molar-refractivity contribution in [2.45, 2.75) is 410 Å². The number of rotatable bonds is 63. The SMILES string of the molecule is CCCCCCCC/C=C/CCCCCCCCCCCC(=O)OC1C(OCC(NC(=O)C(O)CCCCCCCCCCCCCCCCCCCCCCCCCC)C(O)/C=C/CCCCCCCCCCC)OC(CO)C(O)C1O. The first kappa shape index (κ1) is 79.2. The summed E-state index contributed by atoms with van der Waals surface area (Å²) in [4.78, 5) is 26.7. The number of aliphatic hydroxyl groups is 5. The van der Waals surface area contributed by atoms with Crippen molar-refractivity contribution in [3.63, 3.8) is 0 Å². The van der Waals surface area contributed by atoms with E-state index < -0.39 is 67.4 Å². The van der Waals surface area contributed by atoms with Crippen molar-refractivity contribution in [2.75, 3.05) is 13.2 Å². The van der Waals surface area contributed by atoms with E-state index in [-0.39, 0.29) is 13.0 Å².